The van der Waals surface area contributed by atoms with E-state index in [4.69, 9.17) is 4.74 Å². The quantitative estimate of drug-likeness (QED) is 0.320. The number of amides is 2. The minimum absolute atomic E-state index is 0.0147. The van der Waals surface area contributed by atoms with Crippen LogP contribution in [0.15, 0.2) is 48.8 Å². The molecule has 2 aromatic heterocycles. The second-order valence-corrected chi connectivity index (χ2v) is 11.7. The summed E-state index contributed by atoms with van der Waals surface area (Å²) >= 11 is 0. The smallest absolute Gasteiger partial charge is 0.245 e. The molecule has 2 amide bonds. The highest BCUT2D eigenvalue weighted by Crippen LogP contribution is 2.59. The van der Waals surface area contributed by atoms with Crippen LogP contribution in [0.4, 0.5) is 0 Å². The number of methoxy groups -OCH3 is 1. The van der Waals surface area contributed by atoms with Gasteiger partial charge in [0.05, 0.1) is 12.6 Å². The highest BCUT2D eigenvalue weighted by atomic mass is 16.5. The first-order chi connectivity index (χ1) is 20.1. The van der Waals surface area contributed by atoms with Gasteiger partial charge in [0, 0.05) is 42.9 Å². The first kappa shape index (κ1) is 27.6. The summed E-state index contributed by atoms with van der Waals surface area (Å²) in [5, 5.41) is 8.30. The van der Waals surface area contributed by atoms with E-state index in [2.05, 4.69) is 27.3 Å². The Bertz CT molecular complexity index is 1730. The molecule has 1 aliphatic heterocycles. The lowest BCUT2D eigenvalue weighted by Crippen LogP contribution is -2.48. The molecule has 2 aliphatic rings. The topological polar surface area (TPSA) is 119 Å². The number of ketones is 1. The largest absolute Gasteiger partial charge is 0.497 e. The molecule has 3 heterocycles. The maximum Gasteiger partial charge on any atom is 0.245 e. The predicted octanol–water partition coefficient (Wildman–Crippen LogP) is 4.02. The van der Waals surface area contributed by atoms with Crippen LogP contribution in [0.1, 0.15) is 54.1 Å². The third-order valence-corrected chi connectivity index (χ3v) is 8.59. The summed E-state index contributed by atoms with van der Waals surface area (Å²) in [6.07, 6.45) is 5.00. The number of Topliss-reactive ketones (excluding diaryl/α,β-unsaturated/α-hetero) is 1. The Morgan fingerprint density at radius 1 is 1.07 bits per heavy atom. The third-order valence-electron chi connectivity index (χ3n) is 8.59. The van der Waals surface area contributed by atoms with E-state index in [0.29, 0.717) is 29.9 Å². The molecule has 4 aromatic rings. The van der Waals surface area contributed by atoms with Crippen LogP contribution in [0.25, 0.3) is 22.0 Å². The number of nitrogens with zero attached hydrogens (tertiary/aromatic N) is 5. The van der Waals surface area contributed by atoms with E-state index < -0.39 is 6.04 Å². The van der Waals surface area contributed by atoms with Crippen molar-refractivity contribution in [1.82, 2.24) is 30.0 Å². The van der Waals surface area contributed by atoms with Crippen molar-refractivity contribution in [3.05, 3.63) is 71.4 Å². The fourth-order valence-electron chi connectivity index (χ4n) is 6.27. The van der Waals surface area contributed by atoms with E-state index in [1.807, 2.05) is 50.2 Å². The molecule has 0 radical (unpaired) electrons. The van der Waals surface area contributed by atoms with E-state index in [-0.39, 0.29) is 35.6 Å². The van der Waals surface area contributed by atoms with E-state index in [1.165, 1.54) is 6.92 Å². The second-order valence-electron chi connectivity index (χ2n) is 11.7. The number of aryl methyl sites for hydroxylation is 2. The zero-order chi connectivity index (χ0) is 29.8. The minimum Gasteiger partial charge on any atom is -0.497 e. The Balaban J connectivity index is 1.26. The molecule has 0 bridgehead atoms. The number of likely N-dealkylation sites (tertiary alicyclic amines) is 1. The number of hydrogen-bond acceptors (Lipinski definition) is 7. The van der Waals surface area contributed by atoms with Gasteiger partial charge in [-0.2, -0.15) is 5.10 Å². The molecule has 0 unspecified atom stereocenters. The van der Waals surface area contributed by atoms with Gasteiger partial charge >= 0.3 is 0 Å². The number of fused-ring (bicyclic) bond motifs is 2. The van der Waals surface area contributed by atoms with Crippen LogP contribution in [-0.4, -0.2) is 61.4 Å². The molecule has 1 N–H and O–H groups in total. The zero-order valence-corrected chi connectivity index (χ0v) is 24.5. The molecular formula is C32H34N6O4. The van der Waals surface area contributed by atoms with Crippen molar-refractivity contribution in [2.24, 2.45) is 5.41 Å². The van der Waals surface area contributed by atoms with Crippen molar-refractivity contribution in [1.29, 1.82) is 0 Å². The molecule has 2 aromatic carbocycles. The van der Waals surface area contributed by atoms with E-state index in [0.717, 1.165) is 39.9 Å². The van der Waals surface area contributed by atoms with Gasteiger partial charge in [0.25, 0.3) is 0 Å². The van der Waals surface area contributed by atoms with Crippen molar-refractivity contribution in [3.8, 4) is 16.9 Å². The van der Waals surface area contributed by atoms with Crippen LogP contribution >= 0.6 is 0 Å². The predicted molar refractivity (Wildman–Crippen MR) is 157 cm³/mol. The van der Waals surface area contributed by atoms with Crippen molar-refractivity contribution in [2.75, 3.05) is 7.11 Å². The Hall–Kier alpha value is -4.60. The summed E-state index contributed by atoms with van der Waals surface area (Å²) in [6, 6.07) is 10.9. The number of benzene rings is 2. The number of carbonyl (C=O) groups is 3. The van der Waals surface area contributed by atoms with Gasteiger partial charge in [-0.15, -0.1) is 0 Å². The number of aromatic nitrogens is 4. The number of piperidine rings is 1. The fraction of sp³-hybridized carbons (Fsp3) is 0.375. The van der Waals surface area contributed by atoms with Gasteiger partial charge in [-0.1, -0.05) is 19.1 Å². The van der Waals surface area contributed by atoms with Gasteiger partial charge in [-0.25, -0.2) is 9.97 Å². The first-order valence-corrected chi connectivity index (χ1v) is 14.1. The number of carbonyl (C=O) groups excluding carboxylic acids is 3. The second kappa shape index (κ2) is 10.3. The van der Waals surface area contributed by atoms with Crippen LogP contribution in [0.2, 0.25) is 0 Å². The molecule has 6 rings (SSSR count). The average Bonchev–Trinajstić information content (AvgIpc) is 3.32. The molecule has 0 spiro atoms. The number of hydrogen-bond donors (Lipinski definition) is 1. The van der Waals surface area contributed by atoms with Crippen molar-refractivity contribution < 1.29 is 19.1 Å². The summed E-state index contributed by atoms with van der Waals surface area (Å²) in [6.45, 7) is 7.65. The normalized spacial score (nSPS) is 20.8. The monoisotopic (exact) mass is 566 g/mol. The van der Waals surface area contributed by atoms with Gasteiger partial charge in [-0.05, 0) is 73.1 Å². The summed E-state index contributed by atoms with van der Waals surface area (Å²) in [5.41, 5.74) is 4.46. The van der Waals surface area contributed by atoms with Crippen LogP contribution in [0.3, 0.4) is 0 Å². The maximum atomic E-state index is 13.9. The highest BCUT2D eigenvalue weighted by Gasteiger charge is 2.64. The Kier molecular flexibility index (Phi) is 6.79. The number of nitrogens with one attached hydrogen (secondary N) is 1. The summed E-state index contributed by atoms with van der Waals surface area (Å²) in [4.78, 5) is 50.3. The van der Waals surface area contributed by atoms with Crippen LogP contribution in [0, 0.1) is 19.3 Å². The van der Waals surface area contributed by atoms with Crippen molar-refractivity contribution in [3.63, 3.8) is 0 Å². The van der Waals surface area contributed by atoms with Gasteiger partial charge < -0.3 is 15.0 Å². The highest BCUT2D eigenvalue weighted by molar-refractivity contribution is 6.07. The Morgan fingerprint density at radius 3 is 2.55 bits per heavy atom. The van der Waals surface area contributed by atoms with E-state index in [1.54, 1.807) is 29.1 Å². The Labute approximate surface area is 244 Å². The third kappa shape index (κ3) is 4.91. The molecule has 1 saturated heterocycles. The van der Waals surface area contributed by atoms with Gasteiger partial charge in [-0.3, -0.25) is 19.1 Å². The molecule has 1 aliphatic carbocycles. The molecule has 216 valence electrons. The van der Waals surface area contributed by atoms with Crippen molar-refractivity contribution >= 4 is 28.5 Å². The molecule has 10 heteroatoms. The molecule has 42 heavy (non-hydrogen) atoms. The summed E-state index contributed by atoms with van der Waals surface area (Å²) in [7, 11) is 1.61. The molecule has 10 nitrogen and oxygen atoms in total. The molecule has 1 saturated carbocycles. The Morgan fingerprint density at radius 2 is 1.83 bits per heavy atom. The van der Waals surface area contributed by atoms with Gasteiger partial charge in [0.2, 0.25) is 11.8 Å². The number of ether oxygens (including phenoxy) is 1. The lowest BCUT2D eigenvalue weighted by molar-refractivity contribution is -0.140. The van der Waals surface area contributed by atoms with E-state index in [9.17, 15) is 14.4 Å². The summed E-state index contributed by atoms with van der Waals surface area (Å²) in [5.74, 6) is 0.856. The molecule has 2 fully saturated rings. The summed E-state index contributed by atoms with van der Waals surface area (Å²) < 4.78 is 6.90. The molecule has 3 atom stereocenters. The van der Waals surface area contributed by atoms with Crippen LogP contribution in [0.5, 0.6) is 5.75 Å². The SMILES string of the molecule is COc1cccc(CNC(=O)[C@@H]2C[C@@]3(C)C[C@H]3N2C(=O)Cn2nc(C(C)=O)c3cc(-c4cnc(C)nc4)cc(C)c32)c1. The van der Waals surface area contributed by atoms with Gasteiger partial charge in [0.15, 0.2) is 5.78 Å². The maximum absolute atomic E-state index is 13.9. The fourth-order valence-corrected chi connectivity index (χ4v) is 6.27. The van der Waals surface area contributed by atoms with Crippen molar-refractivity contribution in [2.45, 2.75) is 65.7 Å². The lowest BCUT2D eigenvalue weighted by atomic mass is 10.0. The zero-order valence-electron chi connectivity index (χ0n) is 24.5. The van der Waals surface area contributed by atoms with E-state index >= 15 is 0 Å². The van der Waals surface area contributed by atoms with Gasteiger partial charge in [0.1, 0.15) is 29.9 Å². The lowest BCUT2D eigenvalue weighted by Gasteiger charge is -2.27. The first-order valence-electron chi connectivity index (χ1n) is 14.1. The minimum atomic E-state index is -0.560. The van der Waals surface area contributed by atoms with Crippen LogP contribution in [-0.2, 0) is 22.7 Å². The standard InChI is InChI=1S/C32H34N6O4/c1-18-9-22(23-15-33-20(3)34-16-23)11-25-29(19(2)39)36-37(30(18)25)17-28(40)38-26(12-32(4)13-27(32)38)31(41)35-14-21-7-6-8-24(10-21)42-5/h6-11,15-16,26-27H,12-14,17H2,1-5H3,(H,35,41)/t26-,27+,32-/m0/s1. The molecular weight excluding hydrogens is 532 g/mol. The van der Waals surface area contributed by atoms with Crippen LogP contribution < -0.4 is 10.1 Å². The average molecular weight is 567 g/mol. The number of rotatable bonds is 8.